The Bertz CT molecular complexity index is 915. The third-order valence-electron chi connectivity index (χ3n) is 5.69. The lowest BCUT2D eigenvalue weighted by Crippen LogP contribution is -2.44. The van der Waals surface area contributed by atoms with E-state index in [-0.39, 0.29) is 24.2 Å². The first-order valence-electron chi connectivity index (χ1n) is 10.3. The van der Waals surface area contributed by atoms with Crippen LogP contribution < -0.4 is 5.32 Å². The summed E-state index contributed by atoms with van der Waals surface area (Å²) >= 11 is 6.51. The van der Waals surface area contributed by atoms with E-state index in [2.05, 4.69) is 10.2 Å². The van der Waals surface area contributed by atoms with E-state index in [9.17, 15) is 19.1 Å². The maximum Gasteiger partial charge on any atom is 0.407 e. The molecule has 6 nitrogen and oxygen atoms in total. The molecule has 1 saturated heterocycles. The molecule has 1 fully saturated rings. The number of benzene rings is 2. The number of hydrogen-bond donors (Lipinski definition) is 2. The third-order valence-corrected chi connectivity index (χ3v) is 6.05. The van der Waals surface area contributed by atoms with Gasteiger partial charge in [-0.3, -0.25) is 14.6 Å². The first-order chi connectivity index (χ1) is 14.9. The number of carbonyl (C=O) groups is 2. The van der Waals surface area contributed by atoms with Gasteiger partial charge in [0.1, 0.15) is 12.4 Å². The van der Waals surface area contributed by atoms with E-state index in [1.54, 1.807) is 12.1 Å². The van der Waals surface area contributed by atoms with Crippen molar-refractivity contribution >= 4 is 23.6 Å². The molecular formula is C23H27ClFN3O3. The molecule has 0 aromatic heterocycles. The predicted molar refractivity (Wildman–Crippen MR) is 119 cm³/mol. The summed E-state index contributed by atoms with van der Waals surface area (Å²) in [6, 6.07) is 12.2. The highest BCUT2D eigenvalue weighted by Crippen LogP contribution is 2.28. The summed E-state index contributed by atoms with van der Waals surface area (Å²) in [6.07, 6.45) is 0.657. The van der Waals surface area contributed by atoms with Crippen molar-refractivity contribution in [2.24, 2.45) is 5.92 Å². The average molecular weight is 448 g/mol. The van der Waals surface area contributed by atoms with Crippen LogP contribution in [0.2, 0.25) is 5.02 Å². The maximum absolute atomic E-state index is 13.1. The molecule has 0 aliphatic carbocycles. The molecule has 3 rings (SSSR count). The lowest BCUT2D eigenvalue weighted by Gasteiger charge is -2.34. The molecule has 2 amide bonds. The van der Waals surface area contributed by atoms with Gasteiger partial charge in [-0.25, -0.2) is 9.18 Å². The van der Waals surface area contributed by atoms with Crippen molar-refractivity contribution in [1.29, 1.82) is 0 Å². The van der Waals surface area contributed by atoms with Gasteiger partial charge >= 0.3 is 6.09 Å². The summed E-state index contributed by atoms with van der Waals surface area (Å²) in [6.45, 7) is 2.63. The number of rotatable bonds is 7. The van der Waals surface area contributed by atoms with Crippen molar-refractivity contribution in [2.45, 2.75) is 19.4 Å². The number of halogens is 2. The number of piperidine rings is 1. The van der Waals surface area contributed by atoms with Crippen molar-refractivity contribution in [1.82, 2.24) is 15.1 Å². The molecule has 166 valence electrons. The van der Waals surface area contributed by atoms with Crippen LogP contribution >= 0.6 is 11.6 Å². The van der Waals surface area contributed by atoms with Gasteiger partial charge in [0.2, 0.25) is 5.91 Å². The maximum atomic E-state index is 13.1. The number of amides is 2. The molecule has 0 radical (unpaired) electrons. The smallest absolute Gasteiger partial charge is 0.407 e. The number of likely N-dealkylation sites (N-methyl/N-ethyl adjacent to an activating group) is 1. The van der Waals surface area contributed by atoms with Gasteiger partial charge in [-0.05, 0) is 66.7 Å². The topological polar surface area (TPSA) is 72.9 Å². The summed E-state index contributed by atoms with van der Waals surface area (Å²) in [5.74, 6) is -0.345. The van der Waals surface area contributed by atoms with Crippen molar-refractivity contribution in [2.75, 3.05) is 33.2 Å². The quantitative estimate of drug-likeness (QED) is 0.670. The second-order valence-electron chi connectivity index (χ2n) is 7.87. The zero-order valence-electron chi connectivity index (χ0n) is 17.5. The van der Waals surface area contributed by atoms with Gasteiger partial charge in [-0.1, -0.05) is 35.9 Å². The van der Waals surface area contributed by atoms with Crippen LogP contribution in [0.25, 0.3) is 11.1 Å². The number of nitrogens with zero attached hydrogens (tertiary/aromatic N) is 2. The first kappa shape index (κ1) is 23.0. The highest BCUT2D eigenvalue weighted by molar-refractivity contribution is 6.31. The summed E-state index contributed by atoms with van der Waals surface area (Å²) in [5, 5.41) is 12.5. The summed E-state index contributed by atoms with van der Waals surface area (Å²) < 4.78 is 13.1. The second-order valence-corrected chi connectivity index (χ2v) is 8.28. The molecule has 31 heavy (non-hydrogen) atoms. The highest BCUT2D eigenvalue weighted by atomic mass is 35.5. The lowest BCUT2D eigenvalue weighted by atomic mass is 9.95. The summed E-state index contributed by atoms with van der Waals surface area (Å²) in [5.41, 5.74) is 2.88. The van der Waals surface area contributed by atoms with Gasteiger partial charge in [-0.15, -0.1) is 0 Å². The summed E-state index contributed by atoms with van der Waals surface area (Å²) in [7, 11) is 1.50. The van der Waals surface area contributed by atoms with E-state index < -0.39 is 6.09 Å². The molecule has 0 saturated carbocycles. The van der Waals surface area contributed by atoms with Crippen LogP contribution in [0.5, 0.6) is 0 Å². The normalized spacial score (nSPS) is 14.9. The molecule has 1 aliphatic heterocycles. The van der Waals surface area contributed by atoms with Crippen molar-refractivity contribution in [3.63, 3.8) is 0 Å². The fraction of sp³-hybridized carbons (Fsp3) is 0.391. The number of nitrogens with one attached hydrogen (secondary N) is 1. The monoisotopic (exact) mass is 447 g/mol. The molecule has 0 spiro atoms. The van der Waals surface area contributed by atoms with Gasteiger partial charge in [0.25, 0.3) is 0 Å². The van der Waals surface area contributed by atoms with E-state index in [4.69, 9.17) is 11.6 Å². The molecule has 0 atom stereocenters. The molecule has 8 heteroatoms. The van der Waals surface area contributed by atoms with Crippen LogP contribution in [-0.4, -0.2) is 60.1 Å². The Morgan fingerprint density at radius 1 is 1.16 bits per heavy atom. The standard InChI is InChI=1S/C23H27ClFN3O3/c1-26-22(29)15-28(23(30)31)13-16-8-10-27(11-9-16)14-19-3-2-18(12-21(19)24)17-4-6-20(25)7-5-17/h2-7,12,16H,8-11,13-15H2,1H3,(H,26,29)(H,30,31). The Hall–Kier alpha value is -2.64. The minimum atomic E-state index is -1.07. The average Bonchev–Trinajstić information content (AvgIpc) is 2.76. The number of hydrogen-bond acceptors (Lipinski definition) is 3. The fourth-order valence-corrected chi connectivity index (χ4v) is 4.08. The van der Waals surface area contributed by atoms with Crippen LogP contribution in [0.3, 0.4) is 0 Å². The Balaban J connectivity index is 1.54. The van der Waals surface area contributed by atoms with Gasteiger partial charge < -0.3 is 10.4 Å². The van der Waals surface area contributed by atoms with Crippen LogP contribution in [0.4, 0.5) is 9.18 Å². The fourth-order valence-electron chi connectivity index (χ4n) is 3.84. The van der Waals surface area contributed by atoms with E-state index in [0.29, 0.717) is 11.6 Å². The molecule has 0 unspecified atom stereocenters. The minimum Gasteiger partial charge on any atom is -0.465 e. The minimum absolute atomic E-state index is 0.137. The van der Waals surface area contributed by atoms with Crippen molar-refractivity contribution < 1.29 is 19.1 Å². The molecule has 0 bridgehead atoms. The molecular weight excluding hydrogens is 421 g/mol. The largest absolute Gasteiger partial charge is 0.465 e. The number of likely N-dealkylation sites (tertiary alicyclic amines) is 1. The van der Waals surface area contributed by atoms with Gasteiger partial charge in [-0.2, -0.15) is 0 Å². The Labute approximate surface area is 186 Å². The lowest BCUT2D eigenvalue weighted by molar-refractivity contribution is -0.121. The third kappa shape index (κ3) is 6.42. The summed E-state index contributed by atoms with van der Waals surface area (Å²) in [4.78, 5) is 26.4. The molecule has 2 aromatic rings. The SMILES string of the molecule is CNC(=O)CN(CC1CCN(Cc2ccc(-c3ccc(F)cc3)cc2Cl)CC1)C(=O)O. The van der Waals surface area contributed by atoms with E-state index in [1.165, 1.54) is 24.1 Å². The van der Waals surface area contributed by atoms with Crippen LogP contribution in [0.1, 0.15) is 18.4 Å². The van der Waals surface area contributed by atoms with E-state index in [0.717, 1.165) is 49.2 Å². The molecule has 1 aliphatic rings. The van der Waals surface area contributed by atoms with Crippen LogP contribution in [-0.2, 0) is 11.3 Å². The van der Waals surface area contributed by atoms with E-state index in [1.807, 2.05) is 18.2 Å². The van der Waals surface area contributed by atoms with Gasteiger partial charge in [0.15, 0.2) is 0 Å². The van der Waals surface area contributed by atoms with Gasteiger partial charge in [0.05, 0.1) is 0 Å². The van der Waals surface area contributed by atoms with E-state index >= 15 is 0 Å². The van der Waals surface area contributed by atoms with Crippen molar-refractivity contribution in [3.8, 4) is 11.1 Å². The molecule has 2 aromatic carbocycles. The molecule has 1 heterocycles. The number of carboxylic acid groups (broad SMARTS) is 1. The van der Waals surface area contributed by atoms with Crippen molar-refractivity contribution in [3.05, 3.63) is 58.9 Å². The second kappa shape index (κ2) is 10.6. The molecule has 2 N–H and O–H groups in total. The highest BCUT2D eigenvalue weighted by Gasteiger charge is 2.25. The van der Waals surface area contributed by atoms with Gasteiger partial charge in [0, 0.05) is 25.2 Å². The van der Waals surface area contributed by atoms with Crippen LogP contribution in [0.15, 0.2) is 42.5 Å². The first-order valence-corrected chi connectivity index (χ1v) is 10.7. The Morgan fingerprint density at radius 2 is 1.81 bits per heavy atom. The van der Waals surface area contributed by atoms with Crippen LogP contribution in [0, 0.1) is 11.7 Å². The zero-order chi connectivity index (χ0) is 22.4. The Morgan fingerprint density at radius 3 is 2.39 bits per heavy atom. The zero-order valence-corrected chi connectivity index (χ0v) is 18.2. The predicted octanol–water partition coefficient (Wildman–Crippen LogP) is 4.08. The number of carbonyl (C=O) groups excluding carboxylic acids is 1. The Kier molecular flexibility index (Phi) is 7.87.